The average molecular weight is 353 g/mol. The maximum Gasteiger partial charge on any atom is 0.191 e. The number of halogens is 1. The SMILES string of the molecule is CCNC(=NCc1ccccc1Cl)NCCCCN1CCOCC1. The summed E-state index contributed by atoms with van der Waals surface area (Å²) in [6, 6.07) is 7.84. The van der Waals surface area contributed by atoms with E-state index >= 15 is 0 Å². The van der Waals surface area contributed by atoms with Crippen LogP contribution in [0.4, 0.5) is 0 Å². The van der Waals surface area contributed by atoms with Crippen molar-refractivity contribution in [1.29, 1.82) is 0 Å². The van der Waals surface area contributed by atoms with Crippen LogP contribution < -0.4 is 10.6 Å². The molecule has 0 spiro atoms. The van der Waals surface area contributed by atoms with Crippen molar-refractivity contribution in [3.63, 3.8) is 0 Å². The third kappa shape index (κ3) is 7.07. The largest absolute Gasteiger partial charge is 0.379 e. The molecule has 0 atom stereocenters. The molecule has 1 aliphatic rings. The van der Waals surface area contributed by atoms with Gasteiger partial charge >= 0.3 is 0 Å². The van der Waals surface area contributed by atoms with Crippen LogP contribution in [0.3, 0.4) is 0 Å². The molecule has 1 aromatic rings. The molecule has 0 bridgehead atoms. The van der Waals surface area contributed by atoms with Gasteiger partial charge in [0, 0.05) is 31.2 Å². The van der Waals surface area contributed by atoms with Gasteiger partial charge in [0.15, 0.2) is 5.96 Å². The second kappa shape index (κ2) is 11.3. The molecule has 1 aromatic carbocycles. The molecule has 2 N–H and O–H groups in total. The molecule has 1 heterocycles. The third-order valence-corrected chi connectivity index (χ3v) is 4.38. The molecule has 5 nitrogen and oxygen atoms in total. The first kappa shape index (κ1) is 19.0. The molecule has 134 valence electrons. The van der Waals surface area contributed by atoms with Crippen molar-refractivity contribution < 1.29 is 4.74 Å². The first-order valence-corrected chi connectivity index (χ1v) is 9.23. The van der Waals surface area contributed by atoms with E-state index in [1.165, 1.54) is 6.42 Å². The number of nitrogens with zero attached hydrogens (tertiary/aromatic N) is 2. The summed E-state index contributed by atoms with van der Waals surface area (Å²) in [6.07, 6.45) is 2.32. The molecule has 6 heteroatoms. The van der Waals surface area contributed by atoms with Gasteiger partial charge in [-0.25, -0.2) is 4.99 Å². The van der Waals surface area contributed by atoms with Gasteiger partial charge in [-0.15, -0.1) is 0 Å². The monoisotopic (exact) mass is 352 g/mol. The van der Waals surface area contributed by atoms with Crippen molar-refractivity contribution in [3.05, 3.63) is 34.9 Å². The van der Waals surface area contributed by atoms with Gasteiger partial charge in [0.2, 0.25) is 0 Å². The summed E-state index contributed by atoms with van der Waals surface area (Å²) in [6.45, 7) is 9.47. The fourth-order valence-corrected chi connectivity index (χ4v) is 2.82. The Balaban J connectivity index is 1.68. The van der Waals surface area contributed by atoms with Crippen LogP contribution in [-0.4, -0.2) is 56.8 Å². The molecule has 2 rings (SSSR count). The quantitative estimate of drug-likeness (QED) is 0.429. The fourth-order valence-electron chi connectivity index (χ4n) is 2.62. The van der Waals surface area contributed by atoms with Gasteiger partial charge in [0.05, 0.1) is 19.8 Å². The topological polar surface area (TPSA) is 48.9 Å². The standard InChI is InChI=1S/C18H29ClN4O/c1-2-20-18(22-15-16-7-3-4-8-17(16)19)21-9-5-6-10-23-11-13-24-14-12-23/h3-4,7-8H,2,5-6,9-15H2,1H3,(H2,20,21,22). The van der Waals surface area contributed by atoms with Gasteiger partial charge in [0.25, 0.3) is 0 Å². The lowest BCUT2D eigenvalue weighted by Crippen LogP contribution is -2.39. The van der Waals surface area contributed by atoms with E-state index in [1.54, 1.807) is 0 Å². The average Bonchev–Trinajstić information content (AvgIpc) is 2.61. The van der Waals surface area contributed by atoms with E-state index < -0.39 is 0 Å². The minimum absolute atomic E-state index is 0.586. The fraction of sp³-hybridized carbons (Fsp3) is 0.611. The van der Waals surface area contributed by atoms with E-state index in [0.717, 1.165) is 68.9 Å². The van der Waals surface area contributed by atoms with Crippen LogP contribution in [-0.2, 0) is 11.3 Å². The van der Waals surface area contributed by atoms with Crippen LogP contribution in [0.5, 0.6) is 0 Å². The minimum atomic E-state index is 0.586. The highest BCUT2D eigenvalue weighted by Gasteiger charge is 2.09. The maximum atomic E-state index is 6.18. The Bertz CT molecular complexity index is 504. The molecule has 1 fully saturated rings. The van der Waals surface area contributed by atoms with Crippen LogP contribution in [0.25, 0.3) is 0 Å². The summed E-state index contributed by atoms with van der Waals surface area (Å²) in [7, 11) is 0. The van der Waals surface area contributed by atoms with Gasteiger partial charge in [-0.2, -0.15) is 0 Å². The van der Waals surface area contributed by atoms with E-state index in [9.17, 15) is 0 Å². The van der Waals surface area contributed by atoms with E-state index in [0.29, 0.717) is 6.54 Å². The number of unbranched alkanes of at least 4 members (excludes halogenated alkanes) is 1. The van der Waals surface area contributed by atoms with E-state index in [-0.39, 0.29) is 0 Å². The Kier molecular flexibility index (Phi) is 8.95. The molecule has 0 amide bonds. The van der Waals surface area contributed by atoms with E-state index in [2.05, 4.69) is 27.4 Å². The second-order valence-electron chi connectivity index (χ2n) is 5.87. The summed E-state index contributed by atoms with van der Waals surface area (Å²) >= 11 is 6.18. The van der Waals surface area contributed by atoms with Crippen LogP contribution in [0, 0.1) is 0 Å². The highest BCUT2D eigenvalue weighted by molar-refractivity contribution is 6.31. The summed E-state index contributed by atoms with van der Waals surface area (Å²) < 4.78 is 5.37. The maximum absolute atomic E-state index is 6.18. The number of morpholine rings is 1. The molecule has 0 aromatic heterocycles. The van der Waals surface area contributed by atoms with Crippen LogP contribution >= 0.6 is 11.6 Å². The molecular formula is C18H29ClN4O. The van der Waals surface area contributed by atoms with Crippen LogP contribution in [0.2, 0.25) is 5.02 Å². The molecular weight excluding hydrogens is 324 g/mol. The van der Waals surface area contributed by atoms with Gasteiger partial charge in [-0.1, -0.05) is 29.8 Å². The predicted molar refractivity (Wildman–Crippen MR) is 101 cm³/mol. The number of guanidine groups is 1. The zero-order chi connectivity index (χ0) is 17.0. The van der Waals surface area contributed by atoms with Gasteiger partial charge in [0.1, 0.15) is 0 Å². The predicted octanol–water partition coefficient (Wildman–Crippen LogP) is 2.51. The Labute approximate surface area is 150 Å². The van der Waals surface area contributed by atoms with Crippen molar-refractivity contribution in [2.45, 2.75) is 26.3 Å². The van der Waals surface area contributed by atoms with Gasteiger partial charge in [-0.3, -0.25) is 4.90 Å². The Hall–Kier alpha value is -1.30. The van der Waals surface area contributed by atoms with Crippen molar-refractivity contribution in [3.8, 4) is 0 Å². The van der Waals surface area contributed by atoms with E-state index in [4.69, 9.17) is 16.3 Å². The highest BCUT2D eigenvalue weighted by atomic mass is 35.5. The third-order valence-electron chi connectivity index (χ3n) is 4.01. The van der Waals surface area contributed by atoms with Gasteiger partial charge < -0.3 is 15.4 Å². The normalized spacial score (nSPS) is 16.2. The summed E-state index contributed by atoms with van der Waals surface area (Å²) in [5.74, 6) is 0.851. The number of benzene rings is 1. The number of ether oxygens (including phenoxy) is 1. The van der Waals surface area contributed by atoms with Crippen LogP contribution in [0.15, 0.2) is 29.3 Å². The first-order valence-electron chi connectivity index (χ1n) is 8.85. The number of hydrogen-bond acceptors (Lipinski definition) is 3. The number of aliphatic imine (C=N–C) groups is 1. The zero-order valence-corrected chi connectivity index (χ0v) is 15.3. The summed E-state index contributed by atoms with van der Waals surface area (Å²) in [5, 5.41) is 7.45. The van der Waals surface area contributed by atoms with Gasteiger partial charge in [-0.05, 0) is 37.9 Å². The first-order chi connectivity index (χ1) is 11.8. The Morgan fingerprint density at radius 1 is 1.21 bits per heavy atom. The molecule has 0 radical (unpaired) electrons. The molecule has 0 aliphatic carbocycles. The molecule has 0 unspecified atom stereocenters. The minimum Gasteiger partial charge on any atom is -0.379 e. The zero-order valence-electron chi connectivity index (χ0n) is 14.6. The van der Waals surface area contributed by atoms with Crippen molar-refractivity contribution in [2.75, 3.05) is 45.9 Å². The summed E-state index contributed by atoms with van der Waals surface area (Å²) in [4.78, 5) is 7.09. The lowest BCUT2D eigenvalue weighted by Gasteiger charge is -2.26. The molecule has 24 heavy (non-hydrogen) atoms. The van der Waals surface area contributed by atoms with E-state index in [1.807, 2.05) is 24.3 Å². The number of hydrogen-bond donors (Lipinski definition) is 2. The summed E-state index contributed by atoms with van der Waals surface area (Å²) in [5.41, 5.74) is 1.05. The van der Waals surface area contributed by atoms with Crippen LogP contribution in [0.1, 0.15) is 25.3 Å². The Morgan fingerprint density at radius 3 is 2.75 bits per heavy atom. The van der Waals surface area contributed by atoms with Crippen molar-refractivity contribution in [1.82, 2.24) is 15.5 Å². The second-order valence-corrected chi connectivity index (χ2v) is 6.28. The molecule has 0 saturated carbocycles. The molecule has 1 saturated heterocycles. The van der Waals surface area contributed by atoms with Crippen molar-refractivity contribution >= 4 is 17.6 Å². The number of rotatable bonds is 8. The van der Waals surface area contributed by atoms with Crippen molar-refractivity contribution in [2.24, 2.45) is 4.99 Å². The lowest BCUT2D eigenvalue weighted by molar-refractivity contribution is 0.0372. The number of nitrogens with one attached hydrogen (secondary N) is 2. The Morgan fingerprint density at radius 2 is 2.00 bits per heavy atom. The lowest BCUT2D eigenvalue weighted by atomic mass is 10.2. The highest BCUT2D eigenvalue weighted by Crippen LogP contribution is 2.15. The smallest absolute Gasteiger partial charge is 0.191 e. The molecule has 1 aliphatic heterocycles.